The van der Waals surface area contributed by atoms with Gasteiger partial charge in [-0.3, -0.25) is 9.78 Å². The van der Waals surface area contributed by atoms with Crippen molar-refractivity contribution in [2.45, 2.75) is 19.4 Å². The molecular formula is C19H20N4OS. The zero-order valence-corrected chi connectivity index (χ0v) is 14.7. The topological polar surface area (TPSA) is 58.1 Å². The molecule has 1 saturated heterocycles. The Hall–Kier alpha value is -2.47. The van der Waals surface area contributed by atoms with E-state index in [2.05, 4.69) is 21.3 Å². The number of amides is 1. The molecule has 128 valence electrons. The van der Waals surface area contributed by atoms with Gasteiger partial charge in [-0.25, -0.2) is 4.98 Å². The van der Waals surface area contributed by atoms with Crippen LogP contribution in [0.2, 0.25) is 0 Å². The molecule has 0 radical (unpaired) electrons. The number of benzene rings is 1. The van der Waals surface area contributed by atoms with Crippen LogP contribution >= 0.6 is 11.3 Å². The molecule has 25 heavy (non-hydrogen) atoms. The van der Waals surface area contributed by atoms with Crippen LogP contribution in [0.25, 0.3) is 10.2 Å². The molecule has 1 aromatic carbocycles. The van der Waals surface area contributed by atoms with Crippen molar-refractivity contribution < 1.29 is 4.79 Å². The molecular weight excluding hydrogens is 332 g/mol. The minimum Gasteiger partial charge on any atom is -0.352 e. The van der Waals surface area contributed by atoms with Crippen molar-refractivity contribution in [1.82, 2.24) is 15.3 Å². The molecule has 4 rings (SSSR count). The highest BCUT2D eigenvalue weighted by Crippen LogP contribution is 2.31. The van der Waals surface area contributed by atoms with E-state index in [9.17, 15) is 4.79 Å². The molecule has 1 aliphatic rings. The summed E-state index contributed by atoms with van der Waals surface area (Å²) in [4.78, 5) is 23.5. The number of thiazole rings is 1. The van der Waals surface area contributed by atoms with E-state index in [1.165, 1.54) is 4.70 Å². The molecule has 1 N–H and O–H groups in total. The fraction of sp³-hybridized carbons (Fsp3) is 0.316. The van der Waals surface area contributed by atoms with Crippen molar-refractivity contribution in [3.05, 3.63) is 54.4 Å². The van der Waals surface area contributed by atoms with E-state index in [-0.39, 0.29) is 11.8 Å². The molecule has 3 aromatic rings. The number of piperidine rings is 1. The number of para-hydroxylation sites is 1. The molecule has 1 atom stereocenters. The monoisotopic (exact) mass is 352 g/mol. The van der Waals surface area contributed by atoms with Crippen molar-refractivity contribution in [3.8, 4) is 0 Å². The number of hydrogen-bond donors (Lipinski definition) is 1. The van der Waals surface area contributed by atoms with Crippen LogP contribution < -0.4 is 10.2 Å². The maximum absolute atomic E-state index is 12.6. The molecule has 1 aliphatic heterocycles. The second kappa shape index (κ2) is 7.19. The standard InChI is InChI=1S/C19H20N4OS/c24-18(21-12-14-7-9-20-10-8-14)15-4-3-11-23(13-15)19-22-16-5-1-2-6-17(16)25-19/h1-2,5-10,15H,3-4,11-13H2,(H,21,24). The van der Waals surface area contributed by atoms with Gasteiger partial charge in [0.25, 0.3) is 0 Å². The van der Waals surface area contributed by atoms with Crippen LogP contribution in [0.15, 0.2) is 48.8 Å². The molecule has 2 aromatic heterocycles. The number of hydrogen-bond acceptors (Lipinski definition) is 5. The Morgan fingerprint density at radius 1 is 1.24 bits per heavy atom. The van der Waals surface area contributed by atoms with Gasteiger partial charge >= 0.3 is 0 Å². The minimum atomic E-state index is 0.0163. The third-order valence-corrected chi connectivity index (χ3v) is 5.66. The Kier molecular flexibility index (Phi) is 4.61. The highest BCUT2D eigenvalue weighted by molar-refractivity contribution is 7.22. The summed E-state index contributed by atoms with van der Waals surface area (Å²) in [5.41, 5.74) is 2.11. The predicted octanol–water partition coefficient (Wildman–Crippen LogP) is 3.22. The summed E-state index contributed by atoms with van der Waals surface area (Å²) < 4.78 is 1.20. The maximum atomic E-state index is 12.6. The fourth-order valence-corrected chi connectivity index (χ4v) is 4.19. The summed E-state index contributed by atoms with van der Waals surface area (Å²) in [7, 11) is 0. The molecule has 1 fully saturated rings. The van der Waals surface area contributed by atoms with Gasteiger partial charge in [0.05, 0.1) is 16.1 Å². The number of nitrogens with one attached hydrogen (secondary N) is 1. The van der Waals surface area contributed by atoms with E-state index in [0.717, 1.165) is 42.1 Å². The Labute approximate surface area is 150 Å². The maximum Gasteiger partial charge on any atom is 0.225 e. The van der Waals surface area contributed by atoms with Gasteiger partial charge in [-0.1, -0.05) is 23.5 Å². The first-order chi connectivity index (χ1) is 12.3. The third-order valence-electron chi connectivity index (χ3n) is 4.56. The quantitative estimate of drug-likeness (QED) is 0.783. The summed E-state index contributed by atoms with van der Waals surface area (Å²) in [6, 6.07) is 12.0. The Morgan fingerprint density at radius 3 is 2.92 bits per heavy atom. The average Bonchev–Trinajstić information content (AvgIpc) is 3.11. The lowest BCUT2D eigenvalue weighted by atomic mass is 9.97. The van der Waals surface area contributed by atoms with Gasteiger partial charge in [-0.05, 0) is 42.7 Å². The third kappa shape index (κ3) is 3.64. The molecule has 0 bridgehead atoms. The van der Waals surface area contributed by atoms with Gasteiger partial charge in [0.15, 0.2) is 5.13 Å². The van der Waals surface area contributed by atoms with Crippen LogP contribution in [0.4, 0.5) is 5.13 Å². The van der Waals surface area contributed by atoms with Gasteiger partial charge in [0.1, 0.15) is 0 Å². The Morgan fingerprint density at radius 2 is 2.08 bits per heavy atom. The van der Waals surface area contributed by atoms with Crippen molar-refractivity contribution >= 4 is 32.6 Å². The molecule has 1 unspecified atom stereocenters. The minimum absolute atomic E-state index is 0.0163. The number of nitrogens with zero attached hydrogens (tertiary/aromatic N) is 3. The lowest BCUT2D eigenvalue weighted by Gasteiger charge is -2.31. The first-order valence-electron chi connectivity index (χ1n) is 8.57. The zero-order chi connectivity index (χ0) is 17.1. The first-order valence-corrected chi connectivity index (χ1v) is 9.38. The summed E-state index contributed by atoms with van der Waals surface area (Å²) in [6.45, 7) is 2.26. The zero-order valence-electron chi connectivity index (χ0n) is 13.9. The van der Waals surface area contributed by atoms with Crippen LogP contribution in [0.3, 0.4) is 0 Å². The molecule has 0 aliphatic carbocycles. The highest BCUT2D eigenvalue weighted by Gasteiger charge is 2.27. The van der Waals surface area contributed by atoms with Gasteiger partial charge in [0, 0.05) is 32.0 Å². The van der Waals surface area contributed by atoms with Gasteiger partial charge < -0.3 is 10.2 Å². The van der Waals surface area contributed by atoms with Crippen molar-refractivity contribution in [1.29, 1.82) is 0 Å². The van der Waals surface area contributed by atoms with E-state index in [1.807, 2.05) is 30.3 Å². The number of fused-ring (bicyclic) bond motifs is 1. The normalized spacial score (nSPS) is 17.6. The van der Waals surface area contributed by atoms with Crippen LogP contribution in [-0.4, -0.2) is 29.0 Å². The molecule has 3 heterocycles. The van der Waals surface area contributed by atoms with Crippen LogP contribution in [0.1, 0.15) is 18.4 Å². The first kappa shape index (κ1) is 16.0. The molecule has 5 nitrogen and oxygen atoms in total. The van der Waals surface area contributed by atoms with Gasteiger partial charge in [0.2, 0.25) is 5.91 Å². The van der Waals surface area contributed by atoms with Crippen LogP contribution in [-0.2, 0) is 11.3 Å². The van der Waals surface area contributed by atoms with Gasteiger partial charge in [-0.2, -0.15) is 0 Å². The second-order valence-electron chi connectivity index (χ2n) is 6.32. The SMILES string of the molecule is O=C(NCc1ccncc1)C1CCCN(c2nc3ccccc3s2)C1. The number of aromatic nitrogens is 2. The number of carbonyl (C=O) groups excluding carboxylic acids is 1. The number of rotatable bonds is 4. The highest BCUT2D eigenvalue weighted by atomic mass is 32.1. The summed E-state index contributed by atoms with van der Waals surface area (Å²) in [6.07, 6.45) is 5.45. The average molecular weight is 352 g/mol. The van der Waals surface area contributed by atoms with Crippen molar-refractivity contribution in [2.75, 3.05) is 18.0 Å². The lowest BCUT2D eigenvalue weighted by molar-refractivity contribution is -0.125. The van der Waals surface area contributed by atoms with E-state index in [1.54, 1.807) is 23.7 Å². The van der Waals surface area contributed by atoms with Crippen LogP contribution in [0.5, 0.6) is 0 Å². The fourth-order valence-electron chi connectivity index (χ4n) is 3.19. The molecule has 6 heteroatoms. The van der Waals surface area contributed by atoms with Crippen LogP contribution in [0, 0.1) is 5.92 Å². The summed E-state index contributed by atoms with van der Waals surface area (Å²) in [5, 5.41) is 4.08. The van der Waals surface area contributed by atoms with E-state index < -0.39 is 0 Å². The Bertz CT molecular complexity index is 831. The Balaban J connectivity index is 1.41. The second-order valence-corrected chi connectivity index (χ2v) is 7.33. The van der Waals surface area contributed by atoms with E-state index >= 15 is 0 Å². The smallest absolute Gasteiger partial charge is 0.225 e. The largest absolute Gasteiger partial charge is 0.352 e. The van der Waals surface area contributed by atoms with Gasteiger partial charge in [-0.15, -0.1) is 0 Å². The predicted molar refractivity (Wildman–Crippen MR) is 101 cm³/mol. The number of pyridine rings is 1. The molecule has 1 amide bonds. The summed E-state index contributed by atoms with van der Waals surface area (Å²) in [5.74, 6) is 0.144. The number of carbonyl (C=O) groups is 1. The molecule has 0 spiro atoms. The van der Waals surface area contributed by atoms with E-state index in [0.29, 0.717) is 6.54 Å². The summed E-state index contributed by atoms with van der Waals surface area (Å²) >= 11 is 1.70. The lowest BCUT2D eigenvalue weighted by Crippen LogP contribution is -2.42. The van der Waals surface area contributed by atoms with Crippen molar-refractivity contribution in [2.24, 2.45) is 5.92 Å². The number of anilines is 1. The molecule has 0 saturated carbocycles. The van der Waals surface area contributed by atoms with Crippen molar-refractivity contribution in [3.63, 3.8) is 0 Å². The van der Waals surface area contributed by atoms with E-state index in [4.69, 9.17) is 4.98 Å².